The van der Waals surface area contributed by atoms with Gasteiger partial charge >= 0.3 is 0 Å². The number of carbonyl (C=O) groups is 1. The number of likely N-dealkylation sites (tertiary alicyclic amines) is 1. The number of piperidine rings is 1. The summed E-state index contributed by atoms with van der Waals surface area (Å²) in [6, 6.07) is 0. The van der Waals surface area contributed by atoms with Crippen LogP contribution < -0.4 is 0 Å². The van der Waals surface area contributed by atoms with Crippen molar-refractivity contribution in [3.63, 3.8) is 0 Å². The first-order valence-electron chi connectivity index (χ1n) is 3.92. The van der Waals surface area contributed by atoms with Gasteiger partial charge in [0.15, 0.2) is 6.29 Å². The zero-order valence-corrected chi connectivity index (χ0v) is 7.17. The van der Waals surface area contributed by atoms with Gasteiger partial charge in [-0.05, 0) is 26.4 Å². The van der Waals surface area contributed by atoms with Crippen molar-refractivity contribution in [1.82, 2.24) is 4.90 Å². The van der Waals surface area contributed by atoms with Crippen LogP contribution in [0.2, 0.25) is 0 Å². The molecule has 0 aromatic carbocycles. The van der Waals surface area contributed by atoms with Gasteiger partial charge in [0, 0.05) is 13.7 Å². The van der Waals surface area contributed by atoms with Crippen LogP contribution in [0.3, 0.4) is 0 Å². The van der Waals surface area contributed by atoms with Crippen molar-refractivity contribution in [3.05, 3.63) is 0 Å². The summed E-state index contributed by atoms with van der Waals surface area (Å²) < 4.78 is 5.19. The van der Waals surface area contributed by atoms with E-state index in [-0.39, 0.29) is 0 Å². The molecular weight excluding hydrogens is 142 g/mol. The number of likely N-dealkylation sites (N-methyl/N-ethyl adjacent to an activating group) is 1. The van der Waals surface area contributed by atoms with Gasteiger partial charge in [-0.25, -0.2) is 0 Å². The largest absolute Gasteiger partial charge is 0.369 e. The van der Waals surface area contributed by atoms with Gasteiger partial charge in [0.25, 0.3) is 0 Å². The number of rotatable bonds is 2. The van der Waals surface area contributed by atoms with E-state index in [4.69, 9.17) is 4.74 Å². The number of methoxy groups -OCH3 is 1. The first kappa shape index (κ1) is 8.68. The van der Waals surface area contributed by atoms with Gasteiger partial charge in [-0.3, -0.25) is 0 Å². The van der Waals surface area contributed by atoms with E-state index in [1.54, 1.807) is 7.11 Å². The normalized spacial score (nSPS) is 33.6. The molecule has 1 fully saturated rings. The minimum absolute atomic E-state index is 0.521. The minimum atomic E-state index is -0.521. The molecule has 1 heterocycles. The second-order valence-electron chi connectivity index (χ2n) is 3.23. The monoisotopic (exact) mass is 157 g/mol. The molecule has 1 aliphatic heterocycles. The third-order valence-electron chi connectivity index (χ3n) is 2.30. The molecule has 0 spiro atoms. The number of aldehydes is 1. The Kier molecular flexibility index (Phi) is 2.62. The van der Waals surface area contributed by atoms with Gasteiger partial charge in [0.2, 0.25) is 0 Å². The first-order valence-corrected chi connectivity index (χ1v) is 3.92. The summed E-state index contributed by atoms with van der Waals surface area (Å²) in [4.78, 5) is 12.8. The Morgan fingerprint density at radius 3 is 2.73 bits per heavy atom. The van der Waals surface area contributed by atoms with Crippen LogP contribution in [-0.2, 0) is 9.53 Å². The molecule has 11 heavy (non-hydrogen) atoms. The van der Waals surface area contributed by atoms with Crippen LogP contribution in [0.4, 0.5) is 0 Å². The van der Waals surface area contributed by atoms with Crippen LogP contribution >= 0.6 is 0 Å². The fraction of sp³-hybridized carbons (Fsp3) is 0.875. The molecule has 3 nitrogen and oxygen atoms in total. The van der Waals surface area contributed by atoms with E-state index in [0.29, 0.717) is 0 Å². The standard InChI is InChI=1S/C8H15NO2/c1-9-5-3-4-8(6-9,7-10)11-2/h7H,3-6H2,1-2H3. The molecule has 1 rings (SSSR count). The lowest BCUT2D eigenvalue weighted by atomic mass is 9.95. The summed E-state index contributed by atoms with van der Waals surface area (Å²) in [5, 5.41) is 0. The van der Waals surface area contributed by atoms with E-state index < -0.39 is 5.60 Å². The molecule has 0 N–H and O–H groups in total. The summed E-state index contributed by atoms with van der Waals surface area (Å²) in [7, 11) is 3.62. The molecular formula is C8H15NO2. The molecule has 64 valence electrons. The SMILES string of the molecule is COC1(C=O)CCCN(C)C1. The number of ether oxygens (including phenoxy) is 1. The Morgan fingerprint density at radius 2 is 2.36 bits per heavy atom. The number of hydrogen-bond donors (Lipinski definition) is 0. The topological polar surface area (TPSA) is 29.5 Å². The predicted octanol–water partition coefficient (Wildman–Crippen LogP) is 0.296. The Balaban J connectivity index is 2.59. The molecule has 1 atom stereocenters. The molecule has 1 aliphatic rings. The quantitative estimate of drug-likeness (QED) is 0.540. The van der Waals surface area contributed by atoms with Gasteiger partial charge in [0.1, 0.15) is 5.60 Å². The van der Waals surface area contributed by atoms with E-state index in [1.165, 1.54) is 0 Å². The molecule has 3 heteroatoms. The number of nitrogens with zero attached hydrogens (tertiary/aromatic N) is 1. The Morgan fingerprint density at radius 1 is 1.64 bits per heavy atom. The molecule has 0 aliphatic carbocycles. The highest BCUT2D eigenvalue weighted by molar-refractivity contribution is 5.63. The van der Waals surface area contributed by atoms with Crippen LogP contribution in [0.5, 0.6) is 0 Å². The highest BCUT2D eigenvalue weighted by Crippen LogP contribution is 2.20. The van der Waals surface area contributed by atoms with Gasteiger partial charge < -0.3 is 14.4 Å². The highest BCUT2D eigenvalue weighted by atomic mass is 16.5. The number of carbonyl (C=O) groups excluding carboxylic acids is 1. The lowest BCUT2D eigenvalue weighted by molar-refractivity contribution is -0.133. The molecule has 0 amide bonds. The highest BCUT2D eigenvalue weighted by Gasteiger charge is 2.33. The third-order valence-corrected chi connectivity index (χ3v) is 2.30. The molecule has 0 aromatic rings. The molecule has 0 saturated carbocycles. The summed E-state index contributed by atoms with van der Waals surface area (Å²) in [6.07, 6.45) is 2.84. The third kappa shape index (κ3) is 1.79. The van der Waals surface area contributed by atoms with Crippen molar-refractivity contribution in [2.75, 3.05) is 27.2 Å². The molecule has 0 bridgehead atoms. The Bertz CT molecular complexity index is 149. The van der Waals surface area contributed by atoms with Crippen molar-refractivity contribution in [2.45, 2.75) is 18.4 Å². The fourth-order valence-electron chi connectivity index (χ4n) is 1.57. The number of hydrogen-bond acceptors (Lipinski definition) is 3. The van der Waals surface area contributed by atoms with Crippen molar-refractivity contribution < 1.29 is 9.53 Å². The summed E-state index contributed by atoms with van der Waals surface area (Å²) in [6.45, 7) is 1.80. The van der Waals surface area contributed by atoms with Crippen molar-refractivity contribution in [1.29, 1.82) is 0 Å². The smallest absolute Gasteiger partial charge is 0.153 e. The van der Waals surface area contributed by atoms with E-state index in [2.05, 4.69) is 4.90 Å². The molecule has 0 radical (unpaired) electrons. The maximum atomic E-state index is 10.7. The van der Waals surface area contributed by atoms with E-state index in [1.807, 2.05) is 7.05 Å². The van der Waals surface area contributed by atoms with Gasteiger partial charge in [-0.15, -0.1) is 0 Å². The van der Waals surface area contributed by atoms with Crippen LogP contribution in [0.1, 0.15) is 12.8 Å². The van der Waals surface area contributed by atoms with Crippen LogP contribution in [0.25, 0.3) is 0 Å². The van der Waals surface area contributed by atoms with E-state index >= 15 is 0 Å². The second kappa shape index (κ2) is 3.32. The summed E-state index contributed by atoms with van der Waals surface area (Å²) in [5.74, 6) is 0. The zero-order valence-electron chi connectivity index (χ0n) is 7.17. The van der Waals surface area contributed by atoms with Gasteiger partial charge in [-0.1, -0.05) is 0 Å². The lowest BCUT2D eigenvalue weighted by Crippen LogP contribution is -2.48. The van der Waals surface area contributed by atoms with Gasteiger partial charge in [0.05, 0.1) is 0 Å². The lowest BCUT2D eigenvalue weighted by Gasteiger charge is -2.36. The van der Waals surface area contributed by atoms with E-state index in [9.17, 15) is 4.79 Å². The van der Waals surface area contributed by atoms with Gasteiger partial charge in [-0.2, -0.15) is 0 Å². The fourth-order valence-corrected chi connectivity index (χ4v) is 1.57. The Labute approximate surface area is 67.3 Å². The van der Waals surface area contributed by atoms with Crippen LogP contribution in [-0.4, -0.2) is 44.0 Å². The van der Waals surface area contributed by atoms with E-state index in [0.717, 1.165) is 32.2 Å². The molecule has 1 saturated heterocycles. The molecule has 1 unspecified atom stereocenters. The van der Waals surface area contributed by atoms with Crippen LogP contribution in [0, 0.1) is 0 Å². The maximum Gasteiger partial charge on any atom is 0.153 e. The average molecular weight is 157 g/mol. The predicted molar refractivity (Wildman–Crippen MR) is 42.5 cm³/mol. The average Bonchev–Trinajstić information content (AvgIpc) is 2.04. The van der Waals surface area contributed by atoms with Crippen LogP contribution in [0.15, 0.2) is 0 Å². The summed E-state index contributed by atoms with van der Waals surface area (Å²) in [5.41, 5.74) is -0.521. The zero-order chi connectivity index (χ0) is 8.32. The Hall–Kier alpha value is -0.410. The molecule has 0 aromatic heterocycles. The van der Waals surface area contributed by atoms with Crippen molar-refractivity contribution >= 4 is 6.29 Å². The maximum absolute atomic E-state index is 10.7. The first-order chi connectivity index (χ1) is 5.22. The second-order valence-corrected chi connectivity index (χ2v) is 3.23. The minimum Gasteiger partial charge on any atom is -0.369 e. The van der Waals surface area contributed by atoms with Crippen molar-refractivity contribution in [2.24, 2.45) is 0 Å². The summed E-state index contributed by atoms with van der Waals surface area (Å²) >= 11 is 0. The van der Waals surface area contributed by atoms with Crippen molar-refractivity contribution in [3.8, 4) is 0 Å².